The van der Waals surface area contributed by atoms with Gasteiger partial charge in [0.05, 0.1) is 16.9 Å². The number of aromatic nitrogens is 2. The zero-order valence-electron chi connectivity index (χ0n) is 8.16. The molecule has 0 saturated heterocycles. The van der Waals surface area contributed by atoms with Crippen LogP contribution in [0.3, 0.4) is 0 Å². The Kier molecular flexibility index (Phi) is 2.59. The normalized spacial score (nSPS) is 15.9. The van der Waals surface area contributed by atoms with Crippen molar-refractivity contribution in [2.75, 3.05) is 0 Å². The van der Waals surface area contributed by atoms with Gasteiger partial charge in [-0.05, 0) is 19.3 Å². The summed E-state index contributed by atoms with van der Waals surface area (Å²) in [5.74, 6) is 0.726. The standard InChI is InChI=1S/C10H13ClN2O/c1-13-9(8(11)6-12-13)4-5-10(14)7-2-3-7/h6-7H,2-5H2,1H3. The smallest absolute Gasteiger partial charge is 0.136 e. The van der Waals surface area contributed by atoms with Gasteiger partial charge in [-0.25, -0.2) is 0 Å². The number of hydrogen-bond donors (Lipinski definition) is 0. The molecule has 0 amide bonds. The zero-order valence-corrected chi connectivity index (χ0v) is 8.92. The van der Waals surface area contributed by atoms with Crippen LogP contribution in [0.5, 0.6) is 0 Å². The van der Waals surface area contributed by atoms with E-state index in [1.54, 1.807) is 10.9 Å². The number of aryl methyl sites for hydroxylation is 1. The van der Waals surface area contributed by atoms with E-state index in [0.717, 1.165) is 18.5 Å². The average molecular weight is 213 g/mol. The lowest BCUT2D eigenvalue weighted by atomic mass is 10.1. The minimum Gasteiger partial charge on any atom is -0.299 e. The van der Waals surface area contributed by atoms with Crippen LogP contribution in [0, 0.1) is 5.92 Å². The van der Waals surface area contributed by atoms with E-state index in [0.29, 0.717) is 29.6 Å². The van der Waals surface area contributed by atoms with Crippen molar-refractivity contribution in [1.82, 2.24) is 9.78 Å². The van der Waals surface area contributed by atoms with E-state index in [1.165, 1.54) is 0 Å². The number of carbonyl (C=O) groups is 1. The van der Waals surface area contributed by atoms with Crippen molar-refractivity contribution >= 4 is 17.4 Å². The molecule has 2 rings (SSSR count). The number of rotatable bonds is 4. The second kappa shape index (κ2) is 3.73. The van der Waals surface area contributed by atoms with E-state index < -0.39 is 0 Å². The quantitative estimate of drug-likeness (QED) is 0.765. The topological polar surface area (TPSA) is 34.9 Å². The van der Waals surface area contributed by atoms with Crippen LogP contribution in [0.4, 0.5) is 0 Å². The summed E-state index contributed by atoms with van der Waals surface area (Å²) in [6.07, 6.45) is 5.10. The first-order valence-electron chi connectivity index (χ1n) is 4.87. The van der Waals surface area contributed by atoms with Crippen molar-refractivity contribution in [3.63, 3.8) is 0 Å². The Morgan fingerprint density at radius 3 is 2.93 bits per heavy atom. The average Bonchev–Trinajstić information content (AvgIpc) is 2.93. The number of hydrogen-bond acceptors (Lipinski definition) is 2. The van der Waals surface area contributed by atoms with Crippen LogP contribution >= 0.6 is 11.6 Å². The summed E-state index contributed by atoms with van der Waals surface area (Å²) >= 11 is 5.93. The third-order valence-corrected chi connectivity index (χ3v) is 2.97. The lowest BCUT2D eigenvalue weighted by Gasteiger charge is -2.01. The molecule has 3 nitrogen and oxygen atoms in total. The first-order chi connectivity index (χ1) is 6.68. The fourth-order valence-electron chi connectivity index (χ4n) is 1.57. The summed E-state index contributed by atoms with van der Waals surface area (Å²) in [5.41, 5.74) is 0.959. The van der Waals surface area contributed by atoms with Crippen LogP contribution in [0.25, 0.3) is 0 Å². The first kappa shape index (κ1) is 9.71. The van der Waals surface area contributed by atoms with E-state index >= 15 is 0 Å². The highest BCUT2D eigenvalue weighted by atomic mass is 35.5. The summed E-state index contributed by atoms with van der Waals surface area (Å²) < 4.78 is 1.74. The number of ketones is 1. The highest BCUT2D eigenvalue weighted by Gasteiger charge is 2.29. The third-order valence-electron chi connectivity index (χ3n) is 2.65. The molecule has 0 aromatic carbocycles. The minimum atomic E-state index is 0.349. The zero-order chi connectivity index (χ0) is 10.1. The second-order valence-electron chi connectivity index (χ2n) is 3.80. The van der Waals surface area contributed by atoms with Crippen molar-refractivity contribution in [3.05, 3.63) is 16.9 Å². The molecular weight excluding hydrogens is 200 g/mol. The van der Waals surface area contributed by atoms with E-state index in [1.807, 2.05) is 7.05 Å². The number of nitrogens with zero attached hydrogens (tertiary/aromatic N) is 2. The molecule has 1 aliphatic rings. The molecule has 1 saturated carbocycles. The first-order valence-corrected chi connectivity index (χ1v) is 5.25. The van der Waals surface area contributed by atoms with Crippen molar-refractivity contribution in [2.24, 2.45) is 13.0 Å². The molecule has 0 unspecified atom stereocenters. The summed E-state index contributed by atoms with van der Waals surface area (Å²) in [6.45, 7) is 0. The van der Waals surface area contributed by atoms with Gasteiger partial charge in [0.2, 0.25) is 0 Å². The van der Waals surface area contributed by atoms with Gasteiger partial charge in [-0.15, -0.1) is 0 Å². The Morgan fingerprint density at radius 2 is 2.43 bits per heavy atom. The summed E-state index contributed by atoms with van der Waals surface area (Å²) in [6, 6.07) is 0. The molecule has 0 atom stereocenters. The molecular formula is C10H13ClN2O. The molecule has 1 fully saturated rings. The van der Waals surface area contributed by atoms with Crippen LogP contribution in [0.1, 0.15) is 25.0 Å². The minimum absolute atomic E-state index is 0.349. The molecule has 0 spiro atoms. The summed E-state index contributed by atoms with van der Waals surface area (Å²) in [4.78, 5) is 11.5. The highest BCUT2D eigenvalue weighted by molar-refractivity contribution is 6.31. The van der Waals surface area contributed by atoms with Crippen molar-refractivity contribution < 1.29 is 4.79 Å². The van der Waals surface area contributed by atoms with Gasteiger partial charge in [-0.1, -0.05) is 11.6 Å². The van der Waals surface area contributed by atoms with E-state index in [2.05, 4.69) is 5.10 Å². The molecule has 1 aliphatic carbocycles. The van der Waals surface area contributed by atoms with Gasteiger partial charge >= 0.3 is 0 Å². The van der Waals surface area contributed by atoms with Crippen LogP contribution in [-0.2, 0) is 18.3 Å². The number of halogens is 1. The van der Waals surface area contributed by atoms with Gasteiger partial charge in [-0.2, -0.15) is 5.10 Å². The van der Waals surface area contributed by atoms with E-state index in [-0.39, 0.29) is 0 Å². The van der Waals surface area contributed by atoms with Crippen molar-refractivity contribution in [1.29, 1.82) is 0 Å². The van der Waals surface area contributed by atoms with Crippen LogP contribution in [0.15, 0.2) is 6.20 Å². The van der Waals surface area contributed by atoms with Crippen LogP contribution in [-0.4, -0.2) is 15.6 Å². The maximum absolute atomic E-state index is 11.5. The number of Topliss-reactive ketones (excluding diaryl/α,β-unsaturated/α-hetero) is 1. The fraction of sp³-hybridized carbons (Fsp3) is 0.600. The molecule has 4 heteroatoms. The molecule has 76 valence electrons. The molecule has 0 aliphatic heterocycles. The predicted octanol–water partition coefficient (Wildman–Crippen LogP) is 1.99. The predicted molar refractivity (Wildman–Crippen MR) is 54.3 cm³/mol. The van der Waals surface area contributed by atoms with Crippen LogP contribution < -0.4 is 0 Å². The summed E-state index contributed by atoms with van der Waals surface area (Å²) in [7, 11) is 1.85. The van der Waals surface area contributed by atoms with Crippen molar-refractivity contribution in [3.8, 4) is 0 Å². The Balaban J connectivity index is 1.93. The molecule has 0 bridgehead atoms. The third kappa shape index (κ3) is 1.98. The van der Waals surface area contributed by atoms with Gasteiger partial charge in [0.1, 0.15) is 5.78 Å². The lowest BCUT2D eigenvalue weighted by Crippen LogP contribution is -2.05. The van der Waals surface area contributed by atoms with Crippen molar-refractivity contribution in [2.45, 2.75) is 25.7 Å². The number of carbonyl (C=O) groups excluding carboxylic acids is 1. The second-order valence-corrected chi connectivity index (χ2v) is 4.21. The van der Waals surface area contributed by atoms with Gasteiger partial charge in [-0.3, -0.25) is 9.48 Å². The van der Waals surface area contributed by atoms with Gasteiger partial charge < -0.3 is 0 Å². The lowest BCUT2D eigenvalue weighted by molar-refractivity contribution is -0.120. The van der Waals surface area contributed by atoms with Crippen LogP contribution in [0.2, 0.25) is 5.02 Å². The molecule has 1 aromatic heterocycles. The van der Waals surface area contributed by atoms with E-state index in [4.69, 9.17) is 11.6 Å². The Bertz CT molecular complexity index is 336. The van der Waals surface area contributed by atoms with Gasteiger partial charge in [0.15, 0.2) is 0 Å². The molecule has 0 radical (unpaired) electrons. The fourth-order valence-corrected chi connectivity index (χ4v) is 1.83. The Hall–Kier alpha value is -0.830. The Labute approximate surface area is 88.1 Å². The van der Waals surface area contributed by atoms with E-state index in [9.17, 15) is 4.79 Å². The highest BCUT2D eigenvalue weighted by Crippen LogP contribution is 2.31. The molecule has 1 aromatic rings. The maximum atomic E-state index is 11.5. The SMILES string of the molecule is Cn1ncc(Cl)c1CCC(=O)C1CC1. The molecule has 1 heterocycles. The monoisotopic (exact) mass is 212 g/mol. The Morgan fingerprint density at radius 1 is 1.71 bits per heavy atom. The largest absolute Gasteiger partial charge is 0.299 e. The molecule has 0 N–H and O–H groups in total. The molecule has 14 heavy (non-hydrogen) atoms. The summed E-state index contributed by atoms with van der Waals surface area (Å²) in [5, 5.41) is 4.69. The van der Waals surface area contributed by atoms with Gasteiger partial charge in [0, 0.05) is 19.4 Å². The maximum Gasteiger partial charge on any atom is 0.136 e. The van der Waals surface area contributed by atoms with Gasteiger partial charge in [0.25, 0.3) is 0 Å².